The number of aliphatic hydroxyl groups excluding tert-OH is 1. The fourth-order valence-corrected chi connectivity index (χ4v) is 15.0. The van der Waals surface area contributed by atoms with Gasteiger partial charge in [-0.2, -0.15) is 0 Å². The molecule has 0 aromatic heterocycles. The lowest BCUT2D eigenvalue weighted by Gasteiger charge is -2.64. The summed E-state index contributed by atoms with van der Waals surface area (Å²) < 4.78 is 25.8. The first-order chi connectivity index (χ1) is 23.4. The number of esters is 1. The maximum absolute atomic E-state index is 12.6. The van der Waals surface area contributed by atoms with Gasteiger partial charge >= 0.3 is 5.97 Å². The first-order valence-corrected chi connectivity index (χ1v) is 20.3. The lowest BCUT2D eigenvalue weighted by molar-refractivity contribution is -0.249. The van der Waals surface area contributed by atoms with Crippen LogP contribution >= 0.6 is 0 Å². The van der Waals surface area contributed by atoms with Crippen LogP contribution in [-0.2, 0) is 23.7 Å². The highest BCUT2D eigenvalue weighted by molar-refractivity contribution is 5.66. The molecule has 0 aromatic carbocycles. The highest BCUT2D eigenvalue weighted by atomic mass is 16.7. The molecule has 3 aliphatic heterocycles. The summed E-state index contributed by atoms with van der Waals surface area (Å²) in [6, 6.07) is 0. The van der Waals surface area contributed by atoms with Crippen LogP contribution in [0.1, 0.15) is 107 Å². The van der Waals surface area contributed by atoms with Gasteiger partial charge in [0, 0.05) is 45.1 Å². The monoisotopic (exact) mass is 701 g/mol. The molecule has 5 saturated carbocycles. The Balaban J connectivity index is 0.999. The standard InChI is InChI=1S/C41H68N2O7/c1-24-18-27(35(37(5,6)46)48-25(2)44)49-33-32(24)38(7)14-15-41-23-40(41)13-12-30(36(3,4)28(40)10-11-29(41)39(38,8)34(33)45)50-31-22-43(16-17-47-31)21-26-19-42(9)20-26/h24,26-35,45-46H,10-23H2,1-9H3/t24-,27?,28+,29?,30+,31+,32+,33?,34+,35+,38-,39-,40?,41?/m1/s1. The van der Waals surface area contributed by atoms with Gasteiger partial charge in [0.25, 0.3) is 0 Å². The van der Waals surface area contributed by atoms with E-state index in [9.17, 15) is 15.0 Å². The lowest BCUT2D eigenvalue weighted by atomic mass is 9.41. The van der Waals surface area contributed by atoms with Crippen LogP contribution in [0.4, 0.5) is 0 Å². The van der Waals surface area contributed by atoms with Crippen molar-refractivity contribution in [3.63, 3.8) is 0 Å². The third-order valence-electron chi connectivity index (χ3n) is 17.2. The molecule has 0 aromatic rings. The van der Waals surface area contributed by atoms with Crippen molar-refractivity contribution in [2.45, 2.75) is 149 Å². The lowest BCUT2D eigenvalue weighted by Crippen LogP contribution is -2.60. The molecule has 8 fully saturated rings. The van der Waals surface area contributed by atoms with E-state index in [1.165, 1.54) is 45.7 Å². The number of ether oxygens (including phenoxy) is 4. The van der Waals surface area contributed by atoms with Gasteiger partial charge in [0.1, 0.15) is 0 Å². The Morgan fingerprint density at radius 3 is 2.40 bits per heavy atom. The van der Waals surface area contributed by atoms with E-state index in [2.05, 4.69) is 51.5 Å². The molecule has 8 rings (SSSR count). The Kier molecular flexibility index (Phi) is 8.57. The zero-order valence-electron chi connectivity index (χ0n) is 32.6. The van der Waals surface area contributed by atoms with E-state index in [1.54, 1.807) is 13.8 Å². The van der Waals surface area contributed by atoms with E-state index in [0.29, 0.717) is 23.7 Å². The Labute approximate surface area is 301 Å². The Morgan fingerprint density at radius 1 is 1.02 bits per heavy atom. The van der Waals surface area contributed by atoms with E-state index in [0.717, 1.165) is 51.4 Å². The second-order valence-electron chi connectivity index (χ2n) is 20.5. The Bertz CT molecular complexity index is 1330. The molecule has 9 heteroatoms. The Hall–Kier alpha value is -0.810. The van der Waals surface area contributed by atoms with Crippen LogP contribution in [0.15, 0.2) is 0 Å². The molecule has 0 radical (unpaired) electrons. The maximum atomic E-state index is 12.6. The summed E-state index contributed by atoms with van der Waals surface area (Å²) in [4.78, 5) is 17.1. The molecule has 5 unspecified atom stereocenters. The number of hydrogen-bond acceptors (Lipinski definition) is 9. The molecular weight excluding hydrogens is 632 g/mol. The molecule has 0 bridgehead atoms. The van der Waals surface area contributed by atoms with Gasteiger partial charge in [0.15, 0.2) is 12.4 Å². The zero-order chi connectivity index (χ0) is 35.8. The van der Waals surface area contributed by atoms with Crippen LogP contribution in [0.3, 0.4) is 0 Å². The molecule has 9 nitrogen and oxygen atoms in total. The quantitative estimate of drug-likeness (QED) is 0.351. The average Bonchev–Trinajstić information content (AvgIpc) is 3.65. The summed E-state index contributed by atoms with van der Waals surface area (Å²) in [6.07, 6.45) is 6.88. The van der Waals surface area contributed by atoms with E-state index in [-0.39, 0.29) is 52.0 Å². The number of morpholine rings is 1. The summed E-state index contributed by atoms with van der Waals surface area (Å²) in [5.74, 6) is 1.92. The zero-order valence-corrected chi connectivity index (χ0v) is 32.6. The first-order valence-electron chi connectivity index (χ1n) is 20.3. The predicted octanol–water partition coefficient (Wildman–Crippen LogP) is 5.11. The van der Waals surface area contributed by atoms with Crippen LogP contribution in [0, 0.1) is 56.7 Å². The number of aliphatic hydroxyl groups is 2. The van der Waals surface area contributed by atoms with Crippen LogP contribution < -0.4 is 0 Å². The van der Waals surface area contributed by atoms with Gasteiger partial charge in [-0.15, -0.1) is 0 Å². The largest absolute Gasteiger partial charge is 0.457 e. The normalized spacial score (nSPS) is 50.9. The number of nitrogens with zero attached hydrogens (tertiary/aromatic N) is 2. The number of likely N-dealkylation sites (tertiary alicyclic amines) is 1. The molecule has 284 valence electrons. The minimum atomic E-state index is -1.25. The van der Waals surface area contributed by atoms with E-state index in [4.69, 9.17) is 18.9 Å². The molecule has 2 N–H and O–H groups in total. The van der Waals surface area contributed by atoms with E-state index >= 15 is 0 Å². The highest BCUT2D eigenvalue weighted by Gasteiger charge is 2.84. The Morgan fingerprint density at radius 2 is 1.72 bits per heavy atom. The van der Waals surface area contributed by atoms with Gasteiger partial charge in [0.05, 0.1) is 36.6 Å². The van der Waals surface area contributed by atoms with Crippen molar-refractivity contribution in [3.05, 3.63) is 0 Å². The van der Waals surface area contributed by atoms with Crippen molar-refractivity contribution < 1.29 is 34.0 Å². The summed E-state index contributed by atoms with van der Waals surface area (Å²) in [5, 5.41) is 23.7. The fourth-order valence-electron chi connectivity index (χ4n) is 15.0. The van der Waals surface area contributed by atoms with Crippen molar-refractivity contribution in [3.8, 4) is 0 Å². The topological polar surface area (TPSA) is 101 Å². The summed E-state index contributed by atoms with van der Waals surface area (Å²) in [7, 11) is 2.21. The SMILES string of the molecule is CC(=O)O[C@@H](C1C[C@@H](C)[C@H]2C(O1)[C@H](O)[C@@]1(C)C3CC[C@H]4C(C)(C)[C@@H](O[C@H]5CN(CC6CN(C)C6)CCO5)CCC45CC35CC[C@]21C)C(C)(C)O. The summed E-state index contributed by atoms with van der Waals surface area (Å²) >= 11 is 0. The summed E-state index contributed by atoms with van der Waals surface area (Å²) in [6.45, 7) is 23.2. The van der Waals surface area contributed by atoms with Crippen molar-refractivity contribution in [2.24, 2.45) is 56.7 Å². The van der Waals surface area contributed by atoms with Gasteiger partial charge in [-0.25, -0.2) is 0 Å². The molecule has 8 aliphatic rings. The smallest absolute Gasteiger partial charge is 0.303 e. The third-order valence-corrected chi connectivity index (χ3v) is 17.2. The summed E-state index contributed by atoms with van der Waals surface area (Å²) in [5.41, 5.74) is -0.910. The van der Waals surface area contributed by atoms with Crippen molar-refractivity contribution in [2.75, 3.05) is 46.4 Å². The molecule has 50 heavy (non-hydrogen) atoms. The van der Waals surface area contributed by atoms with Gasteiger partial charge in [-0.05, 0) is 124 Å². The number of fused-ring (bicyclic) bond motifs is 4. The maximum Gasteiger partial charge on any atom is 0.303 e. The molecule has 0 amide bonds. The predicted molar refractivity (Wildman–Crippen MR) is 190 cm³/mol. The second-order valence-corrected chi connectivity index (χ2v) is 20.5. The van der Waals surface area contributed by atoms with Crippen molar-refractivity contribution >= 4 is 5.97 Å². The van der Waals surface area contributed by atoms with E-state index in [1.807, 2.05) is 0 Å². The van der Waals surface area contributed by atoms with Crippen molar-refractivity contribution in [1.29, 1.82) is 0 Å². The second kappa shape index (κ2) is 11.8. The molecule has 14 atom stereocenters. The number of carbonyl (C=O) groups excluding carboxylic acids is 1. The van der Waals surface area contributed by atoms with Crippen LogP contribution in [-0.4, -0.2) is 115 Å². The van der Waals surface area contributed by atoms with Crippen molar-refractivity contribution in [1.82, 2.24) is 9.80 Å². The highest BCUT2D eigenvalue weighted by Crippen LogP contribution is 2.89. The van der Waals surface area contributed by atoms with Crippen LogP contribution in [0.25, 0.3) is 0 Å². The molecule has 3 heterocycles. The molecule has 3 saturated heterocycles. The molecule has 2 spiro atoms. The first kappa shape index (κ1) is 36.2. The minimum Gasteiger partial charge on any atom is -0.457 e. The number of rotatable bonds is 7. The fraction of sp³-hybridized carbons (Fsp3) is 0.976. The molecular formula is C41H68N2O7. The van der Waals surface area contributed by atoms with Crippen LogP contribution in [0.5, 0.6) is 0 Å². The van der Waals surface area contributed by atoms with Gasteiger partial charge in [0.2, 0.25) is 0 Å². The number of carbonyl (C=O) groups is 1. The number of hydrogen-bond donors (Lipinski definition) is 2. The van der Waals surface area contributed by atoms with E-state index < -0.39 is 29.9 Å². The van der Waals surface area contributed by atoms with Gasteiger partial charge in [-0.1, -0.05) is 34.6 Å². The van der Waals surface area contributed by atoms with Crippen LogP contribution in [0.2, 0.25) is 0 Å². The van der Waals surface area contributed by atoms with Gasteiger partial charge in [-0.3, -0.25) is 9.69 Å². The minimum absolute atomic E-state index is 0.0470. The third kappa shape index (κ3) is 5.05. The molecule has 5 aliphatic carbocycles. The average molecular weight is 701 g/mol. The van der Waals surface area contributed by atoms with Gasteiger partial charge < -0.3 is 34.1 Å².